The van der Waals surface area contributed by atoms with E-state index in [0.717, 1.165) is 32.1 Å². The van der Waals surface area contributed by atoms with Gasteiger partial charge in [0.25, 0.3) is 0 Å². The Morgan fingerprint density at radius 2 is 1.75 bits per heavy atom. The Kier molecular flexibility index (Phi) is 5.15. The van der Waals surface area contributed by atoms with Gasteiger partial charge in [0.05, 0.1) is 7.11 Å². The Balaban J connectivity index is 2.71. The van der Waals surface area contributed by atoms with Crippen LogP contribution in [0.3, 0.4) is 0 Å². The Morgan fingerprint density at radius 3 is 2.44 bits per heavy atom. The summed E-state index contributed by atoms with van der Waals surface area (Å²) in [6.07, 6.45) is 5.33. The average Bonchev–Trinajstić information content (AvgIpc) is 2.30. The second kappa shape index (κ2) is 6.40. The maximum absolute atomic E-state index is 11.7. The molecule has 0 amide bonds. The van der Waals surface area contributed by atoms with Crippen LogP contribution in [0.1, 0.15) is 44.9 Å². The van der Waals surface area contributed by atoms with Crippen molar-refractivity contribution in [3.8, 4) is 0 Å². The fourth-order valence-corrected chi connectivity index (χ4v) is 1.98. The van der Waals surface area contributed by atoms with Gasteiger partial charge in [-0.15, -0.1) is 0 Å². The molecule has 16 heavy (non-hydrogen) atoms. The zero-order chi connectivity index (χ0) is 12.0. The lowest BCUT2D eigenvalue weighted by atomic mass is 9.90. The van der Waals surface area contributed by atoms with Crippen molar-refractivity contribution in [1.82, 2.24) is 0 Å². The van der Waals surface area contributed by atoms with Gasteiger partial charge in [-0.25, -0.2) is 0 Å². The van der Waals surface area contributed by atoms with Gasteiger partial charge < -0.3 is 4.74 Å². The molecule has 1 rings (SSSR count). The third-order valence-corrected chi connectivity index (χ3v) is 2.97. The Hall–Kier alpha value is -1.19. The summed E-state index contributed by atoms with van der Waals surface area (Å²) < 4.78 is 4.56. The zero-order valence-electron chi connectivity index (χ0n) is 9.66. The molecule has 0 N–H and O–H groups in total. The highest BCUT2D eigenvalue weighted by Crippen LogP contribution is 2.18. The normalized spacial score (nSPS) is 23.9. The first-order valence-electron chi connectivity index (χ1n) is 5.81. The third-order valence-electron chi connectivity index (χ3n) is 2.97. The molecule has 1 unspecified atom stereocenters. The first-order chi connectivity index (χ1) is 7.66. The molecule has 0 heterocycles. The SMILES string of the molecule is COC(=O)C1CCCCCCCC(=O)C1=O. The summed E-state index contributed by atoms with van der Waals surface area (Å²) in [4.78, 5) is 34.6. The third kappa shape index (κ3) is 3.43. The van der Waals surface area contributed by atoms with Crippen LogP contribution >= 0.6 is 0 Å². The minimum absolute atomic E-state index is 0.270. The van der Waals surface area contributed by atoms with Crippen molar-refractivity contribution in [2.24, 2.45) is 5.92 Å². The number of methoxy groups -OCH3 is 1. The summed E-state index contributed by atoms with van der Waals surface area (Å²) >= 11 is 0. The van der Waals surface area contributed by atoms with Gasteiger partial charge >= 0.3 is 5.97 Å². The summed E-state index contributed by atoms with van der Waals surface area (Å²) in [6, 6.07) is 0. The number of Topliss-reactive ketones (excluding diaryl/α,β-unsaturated/α-hetero) is 2. The van der Waals surface area contributed by atoms with E-state index in [9.17, 15) is 14.4 Å². The largest absolute Gasteiger partial charge is 0.468 e. The lowest BCUT2D eigenvalue weighted by Crippen LogP contribution is -2.31. The minimum Gasteiger partial charge on any atom is -0.468 e. The van der Waals surface area contributed by atoms with Crippen LogP contribution in [-0.4, -0.2) is 24.6 Å². The molecule has 0 aromatic rings. The van der Waals surface area contributed by atoms with Crippen molar-refractivity contribution in [1.29, 1.82) is 0 Å². The van der Waals surface area contributed by atoms with Crippen LogP contribution in [0.5, 0.6) is 0 Å². The van der Waals surface area contributed by atoms with Crippen molar-refractivity contribution < 1.29 is 19.1 Å². The first-order valence-corrected chi connectivity index (χ1v) is 5.81. The predicted molar refractivity (Wildman–Crippen MR) is 57.8 cm³/mol. The van der Waals surface area contributed by atoms with E-state index in [2.05, 4.69) is 4.74 Å². The number of hydrogen-bond donors (Lipinski definition) is 0. The van der Waals surface area contributed by atoms with Crippen molar-refractivity contribution in [2.45, 2.75) is 44.9 Å². The second-order valence-electron chi connectivity index (χ2n) is 4.17. The van der Waals surface area contributed by atoms with Gasteiger partial charge in [0.2, 0.25) is 5.78 Å². The molecule has 0 aromatic carbocycles. The molecule has 4 nitrogen and oxygen atoms in total. The van der Waals surface area contributed by atoms with Crippen LogP contribution in [0, 0.1) is 5.92 Å². The molecule has 0 aromatic heterocycles. The quantitative estimate of drug-likeness (QED) is 0.387. The number of carbonyl (C=O) groups is 3. The minimum atomic E-state index is -0.865. The number of esters is 1. The van der Waals surface area contributed by atoms with Crippen molar-refractivity contribution in [3.63, 3.8) is 0 Å². The number of ether oxygens (including phenoxy) is 1. The molecule has 90 valence electrons. The lowest BCUT2D eigenvalue weighted by Gasteiger charge is -2.14. The van der Waals surface area contributed by atoms with Gasteiger partial charge in [0.15, 0.2) is 5.78 Å². The maximum Gasteiger partial charge on any atom is 0.316 e. The van der Waals surface area contributed by atoms with E-state index >= 15 is 0 Å². The van der Waals surface area contributed by atoms with Gasteiger partial charge in [-0.2, -0.15) is 0 Å². The maximum atomic E-state index is 11.7. The molecule has 0 saturated heterocycles. The number of ketones is 2. The van der Waals surface area contributed by atoms with Gasteiger partial charge in [-0.3, -0.25) is 14.4 Å². The van der Waals surface area contributed by atoms with Crippen LogP contribution in [0.15, 0.2) is 0 Å². The van der Waals surface area contributed by atoms with Crippen LogP contribution in [-0.2, 0) is 19.1 Å². The zero-order valence-corrected chi connectivity index (χ0v) is 9.66. The van der Waals surface area contributed by atoms with E-state index in [4.69, 9.17) is 0 Å². The van der Waals surface area contributed by atoms with Crippen LogP contribution in [0.25, 0.3) is 0 Å². The predicted octanol–water partition coefficient (Wildman–Crippen LogP) is 1.66. The molecule has 4 heteroatoms. The summed E-state index contributed by atoms with van der Waals surface area (Å²) in [5, 5.41) is 0. The highest BCUT2D eigenvalue weighted by Gasteiger charge is 2.31. The molecule has 1 saturated carbocycles. The van der Waals surface area contributed by atoms with Crippen molar-refractivity contribution in [2.75, 3.05) is 7.11 Å². The van der Waals surface area contributed by atoms with E-state index in [0.29, 0.717) is 6.42 Å². The lowest BCUT2D eigenvalue weighted by molar-refractivity contribution is -0.153. The first kappa shape index (κ1) is 12.9. The van der Waals surface area contributed by atoms with E-state index in [1.54, 1.807) is 0 Å². The molecular formula is C12H18O4. The van der Waals surface area contributed by atoms with Gasteiger partial charge in [-0.05, 0) is 12.8 Å². The second-order valence-corrected chi connectivity index (χ2v) is 4.17. The fourth-order valence-electron chi connectivity index (χ4n) is 1.98. The molecule has 0 bridgehead atoms. The van der Waals surface area contributed by atoms with Gasteiger partial charge in [-0.1, -0.05) is 25.7 Å². The van der Waals surface area contributed by atoms with Gasteiger partial charge in [0.1, 0.15) is 5.92 Å². The topological polar surface area (TPSA) is 60.4 Å². The smallest absolute Gasteiger partial charge is 0.316 e. The number of hydrogen-bond acceptors (Lipinski definition) is 4. The monoisotopic (exact) mass is 226 g/mol. The fraction of sp³-hybridized carbons (Fsp3) is 0.750. The molecule has 1 aliphatic rings. The number of rotatable bonds is 1. The van der Waals surface area contributed by atoms with Crippen molar-refractivity contribution >= 4 is 17.5 Å². The van der Waals surface area contributed by atoms with E-state index < -0.39 is 23.5 Å². The highest BCUT2D eigenvalue weighted by atomic mass is 16.5. The summed E-state index contributed by atoms with van der Waals surface area (Å²) in [5.74, 6) is -2.42. The molecule has 0 aliphatic heterocycles. The standard InChI is InChI=1S/C12H18O4/c1-16-12(15)9-7-5-3-2-4-6-8-10(13)11(9)14/h9H,2-8H2,1H3. The molecule has 1 aliphatic carbocycles. The van der Waals surface area contributed by atoms with Crippen LogP contribution in [0.2, 0.25) is 0 Å². The van der Waals surface area contributed by atoms with Crippen LogP contribution < -0.4 is 0 Å². The summed E-state index contributed by atoms with van der Waals surface area (Å²) in [7, 11) is 1.25. The Labute approximate surface area is 95.3 Å². The van der Waals surface area contributed by atoms with E-state index in [1.165, 1.54) is 7.11 Å². The Morgan fingerprint density at radius 1 is 1.12 bits per heavy atom. The molecule has 0 radical (unpaired) electrons. The van der Waals surface area contributed by atoms with Crippen LogP contribution in [0.4, 0.5) is 0 Å². The average molecular weight is 226 g/mol. The summed E-state index contributed by atoms with van der Waals surface area (Å²) in [5.41, 5.74) is 0. The molecule has 0 spiro atoms. The number of carbonyl (C=O) groups excluding carboxylic acids is 3. The van der Waals surface area contributed by atoms with E-state index in [1.807, 2.05) is 0 Å². The molecular weight excluding hydrogens is 208 g/mol. The molecule has 1 atom stereocenters. The van der Waals surface area contributed by atoms with E-state index in [-0.39, 0.29) is 6.42 Å². The summed E-state index contributed by atoms with van der Waals surface area (Å²) in [6.45, 7) is 0. The highest BCUT2D eigenvalue weighted by molar-refractivity contribution is 6.41. The molecule has 1 fully saturated rings. The van der Waals surface area contributed by atoms with Gasteiger partial charge in [0, 0.05) is 6.42 Å². The Bertz CT molecular complexity index is 283. The van der Waals surface area contributed by atoms with Crippen molar-refractivity contribution in [3.05, 3.63) is 0 Å².